The van der Waals surface area contributed by atoms with Crippen LogP contribution in [0.4, 0.5) is 18.0 Å². The molecule has 1 aliphatic heterocycles. The highest BCUT2D eigenvalue weighted by Gasteiger charge is 2.53. The molecule has 3 rings (SSSR count). The van der Waals surface area contributed by atoms with E-state index in [1.165, 1.54) is 0 Å². The van der Waals surface area contributed by atoms with Gasteiger partial charge in [0.15, 0.2) is 0 Å². The van der Waals surface area contributed by atoms with E-state index in [1.54, 1.807) is 25.7 Å². The third-order valence-corrected chi connectivity index (χ3v) is 7.18. The summed E-state index contributed by atoms with van der Waals surface area (Å²) in [5.41, 5.74) is 0.544. The number of ether oxygens (including phenoxy) is 1. The van der Waals surface area contributed by atoms with Crippen LogP contribution in [0.3, 0.4) is 0 Å². The van der Waals surface area contributed by atoms with E-state index in [-0.39, 0.29) is 18.9 Å². The molecule has 36 heavy (non-hydrogen) atoms. The first-order valence-corrected chi connectivity index (χ1v) is 12.6. The number of benzene rings is 1. The SMILES string of the molecule is CCC1CC1N(CC1(Cc2ccc(CC#N)cc2)CCN(C(=O)OC(C)(C)C)CC1)C(=O)C(F)(F)F. The Morgan fingerprint density at radius 3 is 2.19 bits per heavy atom. The summed E-state index contributed by atoms with van der Waals surface area (Å²) in [6, 6.07) is 9.22. The third-order valence-electron chi connectivity index (χ3n) is 7.18. The summed E-state index contributed by atoms with van der Waals surface area (Å²) in [6.45, 7) is 7.97. The number of likely N-dealkylation sites (tertiary alicyclic amines) is 1. The molecule has 1 aromatic carbocycles. The van der Waals surface area contributed by atoms with Crippen molar-refractivity contribution in [1.29, 1.82) is 5.26 Å². The van der Waals surface area contributed by atoms with E-state index in [1.807, 2.05) is 31.2 Å². The van der Waals surface area contributed by atoms with E-state index >= 15 is 0 Å². The maximum atomic E-state index is 13.6. The highest BCUT2D eigenvalue weighted by atomic mass is 19.4. The van der Waals surface area contributed by atoms with Gasteiger partial charge in [0.05, 0.1) is 12.5 Å². The van der Waals surface area contributed by atoms with Gasteiger partial charge in [0.25, 0.3) is 0 Å². The monoisotopic (exact) mass is 507 g/mol. The number of carbonyl (C=O) groups is 2. The van der Waals surface area contributed by atoms with Crippen LogP contribution in [0.5, 0.6) is 0 Å². The minimum absolute atomic E-state index is 0.00534. The fraction of sp³-hybridized carbons (Fsp3) is 0.667. The van der Waals surface area contributed by atoms with Crippen molar-refractivity contribution in [3.8, 4) is 6.07 Å². The molecule has 198 valence electrons. The maximum absolute atomic E-state index is 13.6. The van der Waals surface area contributed by atoms with E-state index in [0.717, 1.165) is 22.4 Å². The van der Waals surface area contributed by atoms with Crippen LogP contribution in [0.1, 0.15) is 64.5 Å². The minimum atomic E-state index is -4.93. The van der Waals surface area contributed by atoms with Gasteiger partial charge in [-0.3, -0.25) is 4.79 Å². The largest absolute Gasteiger partial charge is 0.471 e. The van der Waals surface area contributed by atoms with Crippen LogP contribution < -0.4 is 0 Å². The molecule has 1 aliphatic carbocycles. The molecule has 1 heterocycles. The molecule has 2 fully saturated rings. The number of carbonyl (C=O) groups excluding carboxylic acids is 2. The molecule has 2 aliphatic rings. The number of halogens is 3. The summed E-state index contributed by atoms with van der Waals surface area (Å²) in [6.07, 6.45) is -2.38. The molecular formula is C27H36F3N3O3. The first kappa shape index (κ1) is 27.8. The van der Waals surface area contributed by atoms with Crippen molar-refractivity contribution < 1.29 is 27.5 Å². The lowest BCUT2D eigenvalue weighted by molar-refractivity contribution is -0.188. The summed E-state index contributed by atoms with van der Waals surface area (Å²) in [4.78, 5) is 27.8. The van der Waals surface area contributed by atoms with Crippen molar-refractivity contribution in [2.24, 2.45) is 11.3 Å². The molecule has 0 radical (unpaired) electrons. The zero-order chi connectivity index (χ0) is 26.7. The molecule has 1 saturated carbocycles. The minimum Gasteiger partial charge on any atom is -0.444 e. The van der Waals surface area contributed by atoms with Crippen LogP contribution in [0.15, 0.2) is 24.3 Å². The molecule has 0 aromatic heterocycles. The number of nitrogens with zero attached hydrogens (tertiary/aromatic N) is 3. The molecule has 2 unspecified atom stereocenters. The second kappa shape index (κ2) is 10.7. The van der Waals surface area contributed by atoms with Crippen LogP contribution in [0.2, 0.25) is 0 Å². The smallest absolute Gasteiger partial charge is 0.444 e. The summed E-state index contributed by atoms with van der Waals surface area (Å²) in [5, 5.41) is 8.93. The topological polar surface area (TPSA) is 73.6 Å². The summed E-state index contributed by atoms with van der Waals surface area (Å²) in [7, 11) is 0. The van der Waals surface area contributed by atoms with Crippen LogP contribution in [-0.2, 0) is 22.4 Å². The first-order valence-electron chi connectivity index (χ1n) is 12.6. The predicted octanol–water partition coefficient (Wildman–Crippen LogP) is 5.50. The molecule has 2 amide bonds. The molecule has 2 atom stereocenters. The van der Waals surface area contributed by atoms with Crippen molar-refractivity contribution in [3.05, 3.63) is 35.4 Å². The molecule has 9 heteroatoms. The van der Waals surface area contributed by atoms with Gasteiger partial charge < -0.3 is 14.5 Å². The molecular weight excluding hydrogens is 471 g/mol. The Hall–Kier alpha value is -2.76. The number of nitriles is 1. The van der Waals surface area contributed by atoms with Gasteiger partial charge in [0, 0.05) is 25.7 Å². The Morgan fingerprint density at radius 2 is 1.72 bits per heavy atom. The fourth-order valence-corrected chi connectivity index (χ4v) is 5.10. The zero-order valence-corrected chi connectivity index (χ0v) is 21.5. The Bertz CT molecular complexity index is 971. The van der Waals surface area contributed by atoms with Gasteiger partial charge in [-0.2, -0.15) is 18.4 Å². The van der Waals surface area contributed by atoms with E-state index in [0.29, 0.717) is 38.8 Å². The van der Waals surface area contributed by atoms with Gasteiger partial charge in [0.1, 0.15) is 5.60 Å². The lowest BCUT2D eigenvalue weighted by Gasteiger charge is -2.45. The van der Waals surface area contributed by atoms with Crippen molar-refractivity contribution in [2.45, 2.75) is 84.0 Å². The second-order valence-corrected chi connectivity index (χ2v) is 11.2. The molecule has 0 spiro atoms. The number of alkyl halides is 3. The molecule has 1 aromatic rings. The Labute approximate surface area is 211 Å². The number of piperidine rings is 1. The van der Waals surface area contributed by atoms with Crippen LogP contribution in [-0.4, -0.2) is 59.3 Å². The van der Waals surface area contributed by atoms with E-state index in [2.05, 4.69) is 6.07 Å². The van der Waals surface area contributed by atoms with Gasteiger partial charge in [-0.25, -0.2) is 4.79 Å². The van der Waals surface area contributed by atoms with Gasteiger partial charge in [-0.05, 0) is 68.9 Å². The number of rotatable bonds is 7. The van der Waals surface area contributed by atoms with Crippen molar-refractivity contribution in [2.75, 3.05) is 19.6 Å². The second-order valence-electron chi connectivity index (χ2n) is 11.2. The normalized spacial score (nSPS) is 21.4. The third kappa shape index (κ3) is 7.14. The lowest BCUT2D eigenvalue weighted by atomic mass is 9.73. The van der Waals surface area contributed by atoms with E-state index < -0.39 is 35.2 Å². The van der Waals surface area contributed by atoms with Gasteiger partial charge in [0.2, 0.25) is 0 Å². The standard InChI is InChI=1S/C27H36F3N3O3/c1-5-21-16-22(21)33(23(34)27(28,29)30)18-26(17-20-8-6-19(7-9-20)10-13-31)11-14-32(15-12-26)24(35)36-25(2,3)4/h6-9,21-22H,5,10-12,14-18H2,1-4H3. The average molecular weight is 508 g/mol. The summed E-state index contributed by atoms with van der Waals surface area (Å²) < 4.78 is 46.2. The molecule has 6 nitrogen and oxygen atoms in total. The maximum Gasteiger partial charge on any atom is 0.471 e. The van der Waals surface area contributed by atoms with Gasteiger partial charge >= 0.3 is 18.2 Å². The molecule has 1 saturated heterocycles. The van der Waals surface area contributed by atoms with E-state index in [4.69, 9.17) is 10.00 Å². The summed E-state index contributed by atoms with van der Waals surface area (Å²) >= 11 is 0. The highest BCUT2D eigenvalue weighted by Crippen LogP contribution is 2.44. The highest BCUT2D eigenvalue weighted by molar-refractivity contribution is 5.82. The Kier molecular flexibility index (Phi) is 8.27. The van der Waals surface area contributed by atoms with Crippen LogP contribution in [0, 0.1) is 22.7 Å². The van der Waals surface area contributed by atoms with Crippen molar-refractivity contribution in [1.82, 2.24) is 9.80 Å². The summed E-state index contributed by atoms with van der Waals surface area (Å²) in [5.74, 6) is -1.69. The lowest BCUT2D eigenvalue weighted by Crippen LogP contribution is -2.53. The van der Waals surface area contributed by atoms with Gasteiger partial charge in [-0.1, -0.05) is 37.6 Å². The number of hydrogen-bond acceptors (Lipinski definition) is 4. The fourth-order valence-electron chi connectivity index (χ4n) is 5.10. The number of hydrogen-bond donors (Lipinski definition) is 0. The quantitative estimate of drug-likeness (QED) is 0.488. The van der Waals surface area contributed by atoms with Crippen molar-refractivity contribution >= 4 is 12.0 Å². The Morgan fingerprint density at radius 1 is 1.14 bits per heavy atom. The average Bonchev–Trinajstić information content (AvgIpc) is 3.57. The van der Waals surface area contributed by atoms with Crippen LogP contribution in [0.25, 0.3) is 0 Å². The first-order chi connectivity index (χ1) is 16.8. The van der Waals surface area contributed by atoms with Gasteiger partial charge in [-0.15, -0.1) is 0 Å². The molecule has 0 N–H and O–H groups in total. The van der Waals surface area contributed by atoms with E-state index in [9.17, 15) is 22.8 Å². The van der Waals surface area contributed by atoms with Crippen LogP contribution >= 0.6 is 0 Å². The zero-order valence-electron chi connectivity index (χ0n) is 21.5. The Balaban J connectivity index is 1.85. The predicted molar refractivity (Wildman–Crippen MR) is 129 cm³/mol. The van der Waals surface area contributed by atoms with Crippen molar-refractivity contribution in [3.63, 3.8) is 0 Å². The number of amides is 2. The molecule has 0 bridgehead atoms.